The molecule has 9 heteroatoms. The molecule has 1 fully saturated rings. The summed E-state index contributed by atoms with van der Waals surface area (Å²) in [5.74, 6) is -3.20. The number of rotatable bonds is 3. The Bertz CT molecular complexity index is 379. The fraction of sp³-hybridized carbons (Fsp3) is 0.700. The highest BCUT2D eigenvalue weighted by Crippen LogP contribution is 2.25. The highest BCUT2D eigenvalue weighted by atomic mass is 16.7. The zero-order valence-electron chi connectivity index (χ0n) is 10.2. The fourth-order valence-electron chi connectivity index (χ4n) is 1.69. The van der Waals surface area contributed by atoms with Gasteiger partial charge >= 0.3 is 17.9 Å². The molecule has 0 spiro atoms. The summed E-state index contributed by atoms with van der Waals surface area (Å²) >= 11 is 0. The molecule has 3 N–H and O–H groups in total. The van der Waals surface area contributed by atoms with E-state index in [-0.39, 0.29) is 0 Å². The van der Waals surface area contributed by atoms with Gasteiger partial charge in [0.05, 0.1) is 0 Å². The number of carbonyl (C=O) groups is 3. The van der Waals surface area contributed by atoms with Crippen molar-refractivity contribution in [1.82, 2.24) is 0 Å². The number of hydrogen-bond acceptors (Lipinski definition) is 8. The van der Waals surface area contributed by atoms with E-state index >= 15 is 0 Å². The Morgan fingerprint density at radius 1 is 1.00 bits per heavy atom. The van der Waals surface area contributed by atoms with Crippen molar-refractivity contribution in [3.63, 3.8) is 0 Å². The third-order valence-corrected chi connectivity index (χ3v) is 2.39. The van der Waals surface area contributed by atoms with E-state index in [1.165, 1.54) is 0 Å². The molecule has 1 heterocycles. The quantitative estimate of drug-likeness (QED) is 0.500. The van der Waals surface area contributed by atoms with Crippen LogP contribution in [0.2, 0.25) is 0 Å². The number of ether oxygens (including phenoxy) is 3. The molecule has 1 aliphatic heterocycles. The van der Waals surface area contributed by atoms with Gasteiger partial charge in [-0.15, -0.1) is 0 Å². The van der Waals surface area contributed by atoms with Crippen LogP contribution in [-0.2, 0) is 28.6 Å². The Morgan fingerprint density at radius 2 is 1.47 bits per heavy atom. The molecule has 0 radical (unpaired) electrons. The van der Waals surface area contributed by atoms with E-state index in [9.17, 15) is 24.6 Å². The average molecular weight is 278 g/mol. The summed E-state index contributed by atoms with van der Waals surface area (Å²) < 4.78 is 14.0. The molecule has 1 aliphatic rings. The Labute approximate surface area is 107 Å². The van der Waals surface area contributed by atoms with Crippen molar-refractivity contribution in [1.29, 1.82) is 0 Å². The summed E-state index contributed by atoms with van der Waals surface area (Å²) in [5, 5.41) is 28.1. The second-order valence-electron chi connectivity index (χ2n) is 3.92. The number of aliphatic hydroxyl groups excluding tert-OH is 2. The fourth-order valence-corrected chi connectivity index (χ4v) is 1.69. The second kappa shape index (κ2) is 5.95. The lowest BCUT2D eigenvalue weighted by atomic mass is 9.98. The van der Waals surface area contributed by atoms with Crippen molar-refractivity contribution in [2.24, 2.45) is 0 Å². The lowest BCUT2D eigenvalue weighted by molar-refractivity contribution is -0.286. The number of carbonyl (C=O) groups excluding carboxylic acids is 2. The van der Waals surface area contributed by atoms with Gasteiger partial charge in [-0.2, -0.15) is 0 Å². The van der Waals surface area contributed by atoms with Gasteiger partial charge in [0.15, 0.2) is 24.6 Å². The molecule has 3 unspecified atom stereocenters. The van der Waals surface area contributed by atoms with Gasteiger partial charge in [-0.25, -0.2) is 4.79 Å². The summed E-state index contributed by atoms with van der Waals surface area (Å²) in [7, 11) is 0. The minimum Gasteiger partial charge on any atom is -0.479 e. The van der Waals surface area contributed by atoms with Gasteiger partial charge in [0.1, 0.15) is 6.10 Å². The van der Waals surface area contributed by atoms with Crippen LogP contribution in [0.25, 0.3) is 0 Å². The normalized spacial score (nSPS) is 34.4. The molecule has 1 rings (SSSR count). The Balaban J connectivity index is 2.98. The molecule has 0 aromatic carbocycles. The van der Waals surface area contributed by atoms with Crippen LogP contribution in [0, 0.1) is 0 Å². The number of carboxylic acid groups (broad SMARTS) is 1. The van der Waals surface area contributed by atoms with Gasteiger partial charge in [-0.05, 0) is 0 Å². The number of hydrogen-bond donors (Lipinski definition) is 3. The minimum atomic E-state index is -1.84. The molecule has 9 nitrogen and oxygen atoms in total. The molecule has 0 saturated carbocycles. The van der Waals surface area contributed by atoms with E-state index in [2.05, 4.69) is 9.47 Å². The summed E-state index contributed by atoms with van der Waals surface area (Å²) in [6.45, 7) is 2.06. The van der Waals surface area contributed by atoms with Gasteiger partial charge in [0.25, 0.3) is 0 Å². The van der Waals surface area contributed by atoms with Gasteiger partial charge in [-0.1, -0.05) is 0 Å². The highest BCUT2D eigenvalue weighted by Gasteiger charge is 2.51. The van der Waals surface area contributed by atoms with E-state index < -0.39 is 48.6 Å². The monoisotopic (exact) mass is 278 g/mol. The predicted octanol–water partition coefficient (Wildman–Crippen LogP) is -1.99. The molecule has 0 amide bonds. The maximum atomic E-state index is 10.9. The average Bonchev–Trinajstić information content (AvgIpc) is 2.26. The molecular weight excluding hydrogens is 264 g/mol. The number of esters is 2. The first-order valence-electron chi connectivity index (χ1n) is 5.33. The van der Waals surface area contributed by atoms with Gasteiger partial charge in [-0.3, -0.25) is 9.59 Å². The van der Waals surface area contributed by atoms with E-state index in [0.29, 0.717) is 0 Å². The summed E-state index contributed by atoms with van der Waals surface area (Å²) in [6, 6.07) is 0. The Kier molecular flexibility index (Phi) is 4.81. The van der Waals surface area contributed by atoms with E-state index in [4.69, 9.17) is 9.84 Å². The molecule has 0 aromatic rings. The van der Waals surface area contributed by atoms with Crippen LogP contribution in [0.3, 0.4) is 0 Å². The molecule has 19 heavy (non-hydrogen) atoms. The van der Waals surface area contributed by atoms with Gasteiger partial charge < -0.3 is 29.5 Å². The van der Waals surface area contributed by atoms with Crippen molar-refractivity contribution in [2.75, 3.05) is 0 Å². The standard InChI is InChI=1S/C10H14O9/c1-3(11)17-6-5(13)7(9(14)15)19-10(16)8(6)18-4(2)12/h5-8,10,13,16H,1-2H3,(H,14,15)/t5-,6?,7?,8?,10+/m0/s1. The zero-order chi connectivity index (χ0) is 14.7. The van der Waals surface area contributed by atoms with Crippen molar-refractivity contribution in [3.8, 4) is 0 Å². The third kappa shape index (κ3) is 3.63. The zero-order valence-corrected chi connectivity index (χ0v) is 10.2. The highest BCUT2D eigenvalue weighted by molar-refractivity contribution is 5.74. The van der Waals surface area contributed by atoms with Crippen LogP contribution in [0.15, 0.2) is 0 Å². The van der Waals surface area contributed by atoms with Crippen LogP contribution in [0.4, 0.5) is 0 Å². The Hall–Kier alpha value is -1.71. The lowest BCUT2D eigenvalue weighted by Crippen LogP contribution is -2.62. The molecule has 1 saturated heterocycles. The molecule has 0 aliphatic carbocycles. The van der Waals surface area contributed by atoms with E-state index in [1.54, 1.807) is 0 Å². The Morgan fingerprint density at radius 3 is 1.89 bits per heavy atom. The molecule has 0 bridgehead atoms. The lowest BCUT2D eigenvalue weighted by Gasteiger charge is -2.39. The SMILES string of the molecule is CC(=O)OC1C(OC(C)=O)[C@H](O)OC(C(=O)O)[C@H]1O. The van der Waals surface area contributed by atoms with E-state index in [0.717, 1.165) is 13.8 Å². The van der Waals surface area contributed by atoms with Crippen LogP contribution in [-0.4, -0.2) is 63.9 Å². The van der Waals surface area contributed by atoms with E-state index in [1.807, 2.05) is 0 Å². The maximum Gasteiger partial charge on any atom is 0.335 e. The van der Waals surface area contributed by atoms with Crippen LogP contribution < -0.4 is 0 Å². The molecule has 0 aromatic heterocycles. The first-order chi connectivity index (χ1) is 8.73. The molecular formula is C10H14O9. The van der Waals surface area contributed by atoms with Crippen molar-refractivity contribution >= 4 is 17.9 Å². The topological polar surface area (TPSA) is 140 Å². The maximum absolute atomic E-state index is 10.9. The van der Waals surface area contributed by atoms with Crippen LogP contribution >= 0.6 is 0 Å². The largest absolute Gasteiger partial charge is 0.479 e. The third-order valence-electron chi connectivity index (χ3n) is 2.39. The van der Waals surface area contributed by atoms with Gasteiger partial charge in [0.2, 0.25) is 0 Å². The number of carboxylic acids is 1. The second-order valence-corrected chi connectivity index (χ2v) is 3.92. The van der Waals surface area contributed by atoms with Crippen molar-refractivity contribution < 1.29 is 43.9 Å². The number of aliphatic hydroxyl groups is 2. The number of aliphatic carboxylic acids is 1. The van der Waals surface area contributed by atoms with Crippen LogP contribution in [0.1, 0.15) is 13.8 Å². The molecule has 108 valence electrons. The van der Waals surface area contributed by atoms with Crippen LogP contribution in [0.5, 0.6) is 0 Å². The summed E-state index contributed by atoms with van der Waals surface area (Å²) in [6.07, 6.45) is -8.46. The first kappa shape index (κ1) is 15.3. The summed E-state index contributed by atoms with van der Waals surface area (Å²) in [5.41, 5.74) is 0. The van der Waals surface area contributed by atoms with Crippen molar-refractivity contribution in [3.05, 3.63) is 0 Å². The smallest absolute Gasteiger partial charge is 0.335 e. The van der Waals surface area contributed by atoms with Gasteiger partial charge in [0, 0.05) is 13.8 Å². The first-order valence-corrected chi connectivity index (χ1v) is 5.33. The predicted molar refractivity (Wildman–Crippen MR) is 55.6 cm³/mol. The summed E-state index contributed by atoms with van der Waals surface area (Å²) in [4.78, 5) is 32.6. The minimum absolute atomic E-state index is 0.814. The molecule has 5 atom stereocenters. The van der Waals surface area contributed by atoms with Crippen molar-refractivity contribution in [2.45, 2.75) is 44.6 Å².